The van der Waals surface area contributed by atoms with Crippen LogP contribution in [-0.4, -0.2) is 74.7 Å². The number of carbonyl (C=O) groups is 1. The van der Waals surface area contributed by atoms with E-state index in [9.17, 15) is 4.79 Å². The number of likely N-dealkylation sites (tertiary alicyclic amines) is 1. The van der Waals surface area contributed by atoms with Gasteiger partial charge in [-0.1, -0.05) is 0 Å². The van der Waals surface area contributed by atoms with Crippen LogP contribution in [0.3, 0.4) is 0 Å². The van der Waals surface area contributed by atoms with Crippen LogP contribution in [-0.2, 0) is 4.74 Å². The topological polar surface area (TPSA) is 54.9 Å². The number of nitrogens with zero attached hydrogens (tertiary/aromatic N) is 3. The van der Waals surface area contributed by atoms with E-state index in [4.69, 9.17) is 9.47 Å². The van der Waals surface area contributed by atoms with Gasteiger partial charge in [0.15, 0.2) is 0 Å². The number of hydrogen-bond acceptors (Lipinski definition) is 5. The quantitative estimate of drug-likeness (QED) is 0.836. The second-order valence-corrected chi connectivity index (χ2v) is 7.21. The van der Waals surface area contributed by atoms with Crippen LogP contribution in [0.15, 0.2) is 18.3 Å². The first-order chi connectivity index (χ1) is 11.5. The van der Waals surface area contributed by atoms with E-state index in [1.165, 1.54) is 0 Å². The second-order valence-electron chi connectivity index (χ2n) is 7.21. The molecule has 6 nitrogen and oxygen atoms in total. The first-order valence-electron chi connectivity index (χ1n) is 8.56. The lowest BCUT2D eigenvalue weighted by atomic mass is 9.72. The van der Waals surface area contributed by atoms with E-state index in [2.05, 4.69) is 24.0 Å². The molecule has 1 amide bonds. The van der Waals surface area contributed by atoms with Crippen LogP contribution < -0.4 is 4.74 Å². The number of hydrogen-bond donors (Lipinski definition) is 0. The third kappa shape index (κ3) is 3.39. The maximum atomic E-state index is 12.9. The highest BCUT2D eigenvalue weighted by atomic mass is 16.5. The van der Waals surface area contributed by atoms with Crippen molar-refractivity contribution in [3.63, 3.8) is 0 Å². The summed E-state index contributed by atoms with van der Waals surface area (Å²) in [5, 5.41) is 0. The highest BCUT2D eigenvalue weighted by Gasteiger charge is 2.48. The van der Waals surface area contributed by atoms with Gasteiger partial charge in [-0.3, -0.25) is 4.79 Å². The van der Waals surface area contributed by atoms with Crippen molar-refractivity contribution in [1.29, 1.82) is 0 Å². The molecule has 1 spiro atoms. The van der Waals surface area contributed by atoms with Crippen LogP contribution in [0.4, 0.5) is 0 Å². The molecule has 2 fully saturated rings. The fourth-order valence-corrected chi connectivity index (χ4v) is 4.03. The molecule has 0 N–H and O–H groups in total. The molecule has 0 radical (unpaired) electrons. The number of carbonyl (C=O) groups excluding carboxylic acids is 1. The molecule has 0 bridgehead atoms. The highest BCUT2D eigenvalue weighted by Crippen LogP contribution is 2.44. The molecule has 1 atom stereocenters. The molecular weight excluding hydrogens is 306 g/mol. The number of ether oxygens (including phenoxy) is 2. The average Bonchev–Trinajstić information content (AvgIpc) is 2.92. The predicted molar refractivity (Wildman–Crippen MR) is 91.2 cm³/mol. The second kappa shape index (κ2) is 7.07. The smallest absolute Gasteiger partial charge is 0.255 e. The lowest BCUT2D eigenvalue weighted by Crippen LogP contribution is -2.40. The largest absolute Gasteiger partial charge is 0.481 e. The molecule has 24 heavy (non-hydrogen) atoms. The summed E-state index contributed by atoms with van der Waals surface area (Å²) in [5.74, 6) is 1.09. The maximum Gasteiger partial charge on any atom is 0.255 e. The Bertz CT molecular complexity index is 567. The van der Waals surface area contributed by atoms with Crippen LogP contribution in [0, 0.1) is 11.3 Å². The molecule has 1 aromatic rings. The van der Waals surface area contributed by atoms with Crippen molar-refractivity contribution < 1.29 is 14.3 Å². The minimum Gasteiger partial charge on any atom is -0.481 e. The Morgan fingerprint density at radius 1 is 1.42 bits per heavy atom. The Labute approximate surface area is 143 Å². The van der Waals surface area contributed by atoms with E-state index in [-0.39, 0.29) is 11.3 Å². The summed E-state index contributed by atoms with van der Waals surface area (Å²) in [5.41, 5.74) is 0.821. The van der Waals surface area contributed by atoms with Crippen LogP contribution in [0.5, 0.6) is 5.88 Å². The van der Waals surface area contributed by atoms with Gasteiger partial charge in [0, 0.05) is 45.1 Å². The zero-order valence-corrected chi connectivity index (χ0v) is 14.8. The summed E-state index contributed by atoms with van der Waals surface area (Å²) in [4.78, 5) is 21.3. The molecule has 0 saturated carbocycles. The van der Waals surface area contributed by atoms with Gasteiger partial charge in [0.25, 0.3) is 5.91 Å². The predicted octanol–water partition coefficient (Wildman–Crippen LogP) is 1.52. The third-order valence-electron chi connectivity index (χ3n) is 5.37. The Balaban J connectivity index is 1.77. The van der Waals surface area contributed by atoms with Gasteiger partial charge in [0.2, 0.25) is 5.88 Å². The van der Waals surface area contributed by atoms with Gasteiger partial charge in [-0.05, 0) is 44.3 Å². The fourth-order valence-electron chi connectivity index (χ4n) is 4.03. The van der Waals surface area contributed by atoms with Gasteiger partial charge in [-0.25, -0.2) is 4.98 Å². The van der Waals surface area contributed by atoms with Crippen LogP contribution in [0.25, 0.3) is 0 Å². The van der Waals surface area contributed by atoms with E-state index < -0.39 is 0 Å². The molecule has 1 unspecified atom stereocenters. The number of aromatic nitrogens is 1. The van der Waals surface area contributed by atoms with Crippen molar-refractivity contribution in [1.82, 2.24) is 14.8 Å². The Hall–Kier alpha value is -1.66. The number of pyridine rings is 1. The SMILES string of the molecule is COc1ccc(C(=O)N2CC(CN(C)C)C3(CCOCC3)C2)cn1. The average molecular weight is 333 g/mol. The molecule has 0 aliphatic carbocycles. The maximum absolute atomic E-state index is 12.9. The lowest BCUT2D eigenvalue weighted by molar-refractivity contribution is -0.00451. The summed E-state index contributed by atoms with van der Waals surface area (Å²) >= 11 is 0. The Kier molecular flexibility index (Phi) is 5.06. The standard InChI is InChI=1S/C18H27N3O3/c1-20(2)11-15-12-21(13-18(15)6-8-24-9-7-18)17(22)14-4-5-16(23-3)19-10-14/h4-5,10,15H,6-9,11-13H2,1-3H3. The molecule has 0 aromatic carbocycles. The number of methoxy groups -OCH3 is 1. The van der Waals surface area contributed by atoms with Gasteiger partial charge >= 0.3 is 0 Å². The molecule has 3 rings (SSSR count). The fraction of sp³-hybridized carbons (Fsp3) is 0.667. The molecule has 2 saturated heterocycles. The molecule has 132 valence electrons. The summed E-state index contributed by atoms with van der Waals surface area (Å²) in [6.45, 7) is 4.24. The van der Waals surface area contributed by atoms with Crippen molar-refractivity contribution in [3.8, 4) is 5.88 Å². The molecule has 3 heterocycles. The normalized spacial score (nSPS) is 23.0. The molecule has 6 heteroatoms. The zero-order chi connectivity index (χ0) is 17.2. The van der Waals surface area contributed by atoms with Crippen LogP contribution in [0.2, 0.25) is 0 Å². The first kappa shape index (κ1) is 17.2. The van der Waals surface area contributed by atoms with E-state index in [1.807, 2.05) is 4.90 Å². The highest BCUT2D eigenvalue weighted by molar-refractivity contribution is 5.94. The molecule has 1 aromatic heterocycles. The summed E-state index contributed by atoms with van der Waals surface area (Å²) < 4.78 is 10.6. The van der Waals surface area contributed by atoms with Crippen molar-refractivity contribution in [2.45, 2.75) is 12.8 Å². The Morgan fingerprint density at radius 3 is 2.75 bits per heavy atom. The summed E-state index contributed by atoms with van der Waals surface area (Å²) in [6, 6.07) is 3.54. The van der Waals surface area contributed by atoms with E-state index in [0.29, 0.717) is 17.4 Å². The van der Waals surface area contributed by atoms with Gasteiger partial charge in [-0.2, -0.15) is 0 Å². The lowest BCUT2D eigenvalue weighted by Gasteiger charge is -2.38. The van der Waals surface area contributed by atoms with E-state index in [0.717, 1.165) is 45.7 Å². The number of amides is 1. The van der Waals surface area contributed by atoms with Crippen molar-refractivity contribution in [3.05, 3.63) is 23.9 Å². The monoisotopic (exact) mass is 333 g/mol. The van der Waals surface area contributed by atoms with Crippen molar-refractivity contribution in [2.75, 3.05) is 54.1 Å². The summed E-state index contributed by atoms with van der Waals surface area (Å²) in [6.07, 6.45) is 3.68. The van der Waals surface area contributed by atoms with Crippen molar-refractivity contribution in [2.24, 2.45) is 11.3 Å². The van der Waals surface area contributed by atoms with E-state index >= 15 is 0 Å². The molecule has 2 aliphatic rings. The first-order valence-corrected chi connectivity index (χ1v) is 8.56. The van der Waals surface area contributed by atoms with E-state index in [1.54, 1.807) is 25.4 Å². The third-order valence-corrected chi connectivity index (χ3v) is 5.37. The van der Waals surface area contributed by atoms with Gasteiger partial charge in [-0.15, -0.1) is 0 Å². The van der Waals surface area contributed by atoms with Gasteiger partial charge < -0.3 is 19.3 Å². The minimum absolute atomic E-state index is 0.0669. The van der Waals surface area contributed by atoms with Gasteiger partial charge in [0.05, 0.1) is 12.7 Å². The Morgan fingerprint density at radius 2 is 2.17 bits per heavy atom. The zero-order valence-electron chi connectivity index (χ0n) is 14.8. The molecular formula is C18H27N3O3. The molecule has 2 aliphatic heterocycles. The minimum atomic E-state index is 0.0669. The van der Waals surface area contributed by atoms with Crippen molar-refractivity contribution >= 4 is 5.91 Å². The van der Waals surface area contributed by atoms with Gasteiger partial charge in [0.1, 0.15) is 0 Å². The number of rotatable bonds is 4. The van der Waals surface area contributed by atoms with Crippen LogP contribution in [0.1, 0.15) is 23.2 Å². The summed E-state index contributed by atoms with van der Waals surface area (Å²) in [7, 11) is 5.78. The van der Waals surface area contributed by atoms with Crippen LogP contribution >= 0.6 is 0 Å².